The van der Waals surface area contributed by atoms with E-state index in [0.717, 1.165) is 17.7 Å². The van der Waals surface area contributed by atoms with Gasteiger partial charge in [-0.1, -0.05) is 12.1 Å². The average Bonchev–Trinajstić information content (AvgIpc) is 2.52. The lowest BCUT2D eigenvalue weighted by atomic mass is 9.94. The molecule has 1 heterocycles. The molecule has 0 atom stereocenters. The van der Waals surface area contributed by atoms with Crippen LogP contribution >= 0.6 is 0 Å². The van der Waals surface area contributed by atoms with Crippen LogP contribution in [0.5, 0.6) is 5.75 Å². The fraction of sp³-hybridized carbons (Fsp3) is 0.333. The van der Waals surface area contributed by atoms with E-state index in [2.05, 4.69) is 0 Å². The van der Waals surface area contributed by atoms with Crippen LogP contribution in [0.1, 0.15) is 31.4 Å². The summed E-state index contributed by atoms with van der Waals surface area (Å²) in [5, 5.41) is 0. The molecule has 0 radical (unpaired) electrons. The van der Waals surface area contributed by atoms with Crippen molar-refractivity contribution in [3.8, 4) is 5.75 Å². The van der Waals surface area contributed by atoms with Gasteiger partial charge in [0.2, 0.25) is 0 Å². The molecule has 1 aliphatic rings. The number of hydrogen-bond acceptors (Lipinski definition) is 3. The summed E-state index contributed by atoms with van der Waals surface area (Å²) in [6.07, 6.45) is -3.31. The van der Waals surface area contributed by atoms with E-state index < -0.39 is 27.5 Å². The molecule has 8 heteroatoms. The Labute approximate surface area is 150 Å². The normalized spacial score (nSPS) is 16.5. The van der Waals surface area contributed by atoms with Gasteiger partial charge in [-0.25, -0.2) is 8.42 Å². The van der Waals surface area contributed by atoms with Crippen molar-refractivity contribution >= 4 is 15.7 Å². The Bertz CT molecular complexity index is 937. The van der Waals surface area contributed by atoms with E-state index in [4.69, 9.17) is 4.74 Å². The molecule has 0 spiro atoms. The minimum absolute atomic E-state index is 0.100. The Morgan fingerprint density at radius 1 is 1.12 bits per heavy atom. The average molecular weight is 385 g/mol. The van der Waals surface area contributed by atoms with E-state index in [-0.39, 0.29) is 10.5 Å². The highest BCUT2D eigenvalue weighted by Crippen LogP contribution is 2.37. The van der Waals surface area contributed by atoms with Gasteiger partial charge in [-0.2, -0.15) is 13.2 Å². The number of fused-ring (bicyclic) bond motifs is 1. The summed E-state index contributed by atoms with van der Waals surface area (Å²) in [7, 11) is -4.16. The Kier molecular flexibility index (Phi) is 4.42. The number of nitrogens with one attached hydrogen (secondary N) is 1. The highest BCUT2D eigenvalue weighted by Gasteiger charge is 2.34. The van der Waals surface area contributed by atoms with E-state index in [1.807, 2.05) is 18.6 Å². The van der Waals surface area contributed by atoms with Crippen LogP contribution in [0.2, 0.25) is 0 Å². The van der Waals surface area contributed by atoms with E-state index in [9.17, 15) is 21.6 Å². The second kappa shape index (κ2) is 6.19. The molecule has 4 nitrogen and oxygen atoms in total. The topological polar surface area (TPSA) is 55.4 Å². The number of rotatable bonds is 3. The van der Waals surface area contributed by atoms with Gasteiger partial charge in [0.25, 0.3) is 10.0 Å². The highest BCUT2D eigenvalue weighted by molar-refractivity contribution is 7.92. The van der Waals surface area contributed by atoms with Gasteiger partial charge in [0.1, 0.15) is 11.4 Å². The number of benzene rings is 2. The Hall–Kier alpha value is -2.22. The van der Waals surface area contributed by atoms with Crippen molar-refractivity contribution in [2.24, 2.45) is 0 Å². The van der Waals surface area contributed by atoms with Gasteiger partial charge in [-0.05, 0) is 62.6 Å². The van der Waals surface area contributed by atoms with Gasteiger partial charge in [-0.15, -0.1) is 0 Å². The van der Waals surface area contributed by atoms with Crippen molar-refractivity contribution in [2.45, 2.75) is 43.4 Å². The van der Waals surface area contributed by atoms with Crippen LogP contribution in [0.3, 0.4) is 0 Å². The molecule has 2 aromatic carbocycles. The lowest BCUT2D eigenvalue weighted by molar-refractivity contribution is -0.136. The molecular weight excluding hydrogens is 367 g/mol. The molecule has 0 unspecified atom stereocenters. The predicted molar refractivity (Wildman–Crippen MR) is 91.7 cm³/mol. The second-order valence-electron chi connectivity index (χ2n) is 6.78. The molecule has 0 aliphatic carbocycles. The third-order valence-corrected chi connectivity index (χ3v) is 5.56. The van der Waals surface area contributed by atoms with Gasteiger partial charge < -0.3 is 4.74 Å². The molecule has 0 saturated carbocycles. The van der Waals surface area contributed by atoms with Crippen LogP contribution < -0.4 is 9.46 Å². The lowest BCUT2D eigenvalue weighted by Crippen LogP contribution is -2.32. The summed E-state index contributed by atoms with van der Waals surface area (Å²) in [6.45, 7) is 3.88. The largest absolute Gasteiger partial charge is 0.488 e. The summed E-state index contributed by atoms with van der Waals surface area (Å²) in [6, 6.07) is 8.79. The molecule has 3 rings (SSSR count). The van der Waals surface area contributed by atoms with Crippen molar-refractivity contribution in [3.05, 3.63) is 53.6 Å². The molecule has 1 N–H and O–H groups in total. The minimum atomic E-state index is -4.66. The zero-order valence-corrected chi connectivity index (χ0v) is 15.0. The molecule has 1 aliphatic heterocycles. The van der Waals surface area contributed by atoms with Crippen LogP contribution in [-0.2, 0) is 22.6 Å². The number of sulfonamides is 1. The van der Waals surface area contributed by atoms with Gasteiger partial charge in [0, 0.05) is 0 Å². The summed E-state index contributed by atoms with van der Waals surface area (Å²) in [5.41, 5.74) is -1.16. The highest BCUT2D eigenvalue weighted by atomic mass is 32.2. The lowest BCUT2D eigenvalue weighted by Gasteiger charge is -2.32. The maximum atomic E-state index is 13.1. The quantitative estimate of drug-likeness (QED) is 0.840. The Morgan fingerprint density at radius 2 is 1.81 bits per heavy atom. The van der Waals surface area contributed by atoms with Crippen LogP contribution in [0.4, 0.5) is 18.9 Å². The number of anilines is 1. The molecule has 26 heavy (non-hydrogen) atoms. The standard InChI is InChI=1S/C18H18F3NO3S/c1-17(2)10-9-12-11-13(7-8-16(12)25-17)26(23,24)22-15-6-4-3-5-14(15)18(19,20)21/h3-8,11,22H,9-10H2,1-2H3. The van der Waals surface area contributed by atoms with Gasteiger partial charge in [0.15, 0.2) is 0 Å². The second-order valence-corrected chi connectivity index (χ2v) is 8.46. The smallest absolute Gasteiger partial charge is 0.418 e. The number of hydrogen-bond donors (Lipinski definition) is 1. The van der Waals surface area contributed by atoms with Crippen molar-refractivity contribution in [2.75, 3.05) is 4.72 Å². The summed E-state index contributed by atoms with van der Waals surface area (Å²) in [4.78, 5) is -0.100. The van der Waals surface area contributed by atoms with E-state index in [0.29, 0.717) is 18.6 Å². The van der Waals surface area contributed by atoms with Crippen LogP contribution in [0.15, 0.2) is 47.4 Å². The molecule has 0 bridgehead atoms. The number of para-hydroxylation sites is 1. The summed E-state index contributed by atoms with van der Waals surface area (Å²) in [5.74, 6) is 0.593. The number of aryl methyl sites for hydroxylation is 1. The van der Waals surface area contributed by atoms with Crippen LogP contribution in [0.25, 0.3) is 0 Å². The summed E-state index contributed by atoms with van der Waals surface area (Å²) < 4.78 is 72.2. The zero-order chi connectivity index (χ0) is 19.2. The first-order chi connectivity index (χ1) is 12.0. The fourth-order valence-corrected chi connectivity index (χ4v) is 3.96. The van der Waals surface area contributed by atoms with Crippen LogP contribution in [0, 0.1) is 0 Å². The van der Waals surface area contributed by atoms with E-state index in [1.54, 1.807) is 6.07 Å². The minimum Gasteiger partial charge on any atom is -0.488 e. The monoisotopic (exact) mass is 385 g/mol. The van der Waals surface area contributed by atoms with Crippen molar-refractivity contribution < 1.29 is 26.3 Å². The SMILES string of the molecule is CC1(C)CCc2cc(S(=O)(=O)Nc3ccccc3C(F)(F)F)ccc2O1. The maximum absolute atomic E-state index is 13.1. The van der Waals surface area contributed by atoms with E-state index >= 15 is 0 Å². The first-order valence-electron chi connectivity index (χ1n) is 7.99. The first kappa shape index (κ1) is 18.6. The third-order valence-electron chi connectivity index (χ3n) is 4.20. The third kappa shape index (κ3) is 3.80. The molecule has 0 amide bonds. The van der Waals surface area contributed by atoms with Crippen LogP contribution in [-0.4, -0.2) is 14.0 Å². The zero-order valence-electron chi connectivity index (χ0n) is 14.2. The van der Waals surface area contributed by atoms with Gasteiger partial charge in [0.05, 0.1) is 16.1 Å². The van der Waals surface area contributed by atoms with Crippen molar-refractivity contribution in [3.63, 3.8) is 0 Å². The number of alkyl halides is 3. The number of ether oxygens (including phenoxy) is 1. The molecule has 140 valence electrons. The van der Waals surface area contributed by atoms with E-state index in [1.165, 1.54) is 24.3 Å². The molecule has 2 aromatic rings. The van der Waals surface area contributed by atoms with Gasteiger partial charge in [-0.3, -0.25) is 4.72 Å². The maximum Gasteiger partial charge on any atom is 0.418 e. The first-order valence-corrected chi connectivity index (χ1v) is 9.47. The molecule has 0 saturated heterocycles. The summed E-state index contributed by atoms with van der Waals surface area (Å²) >= 11 is 0. The van der Waals surface area contributed by atoms with Crippen molar-refractivity contribution in [1.82, 2.24) is 0 Å². The molecule has 0 fully saturated rings. The number of halogens is 3. The Balaban J connectivity index is 1.94. The van der Waals surface area contributed by atoms with Gasteiger partial charge >= 0.3 is 6.18 Å². The predicted octanol–water partition coefficient (Wildman–Crippen LogP) is 4.61. The van der Waals surface area contributed by atoms with Crippen molar-refractivity contribution in [1.29, 1.82) is 0 Å². The molecular formula is C18H18F3NO3S. The Morgan fingerprint density at radius 3 is 2.50 bits per heavy atom. The molecule has 0 aromatic heterocycles. The fourth-order valence-electron chi connectivity index (χ4n) is 2.83.